The topological polar surface area (TPSA) is 51.3 Å². The van der Waals surface area contributed by atoms with Crippen LogP contribution >= 0.6 is 0 Å². The Hall–Kier alpha value is -2.75. The quantitative estimate of drug-likeness (QED) is 0.750. The van der Waals surface area contributed by atoms with Crippen LogP contribution in [-0.2, 0) is 21.4 Å². The number of rotatable bonds is 3. The highest BCUT2D eigenvalue weighted by molar-refractivity contribution is 5.95. The van der Waals surface area contributed by atoms with Gasteiger partial charge >= 0.3 is 5.97 Å². The number of fused-ring (bicyclic) bond motifs is 3. The average Bonchev–Trinajstić information content (AvgIpc) is 3.18. The van der Waals surface area contributed by atoms with Crippen molar-refractivity contribution in [2.45, 2.75) is 18.3 Å². The van der Waals surface area contributed by atoms with E-state index in [2.05, 4.69) is 11.1 Å². The maximum Gasteiger partial charge on any atom is 0.322 e. The Morgan fingerprint density at radius 3 is 2.62 bits per heavy atom. The molecule has 0 unspecified atom stereocenters. The first kappa shape index (κ1) is 14.8. The summed E-state index contributed by atoms with van der Waals surface area (Å²) in [6, 6.07) is 15.8. The van der Waals surface area contributed by atoms with Crippen molar-refractivity contribution < 1.29 is 14.3 Å². The van der Waals surface area contributed by atoms with Crippen molar-refractivity contribution >= 4 is 16.9 Å². The molecule has 0 bridgehead atoms. The van der Waals surface area contributed by atoms with Crippen LogP contribution in [0.4, 0.5) is 0 Å². The van der Waals surface area contributed by atoms with E-state index in [1.54, 1.807) is 7.11 Å². The molecule has 0 radical (unpaired) electrons. The number of aromatic nitrogens is 1. The number of H-pyrrole nitrogens is 1. The molecule has 1 N–H and O–H groups in total. The van der Waals surface area contributed by atoms with Crippen molar-refractivity contribution in [2.24, 2.45) is 0 Å². The van der Waals surface area contributed by atoms with Crippen LogP contribution in [0, 0.1) is 0 Å². The SMILES string of the molecule is COC(=O)[C@]1(c2ccccc2OC)CCc2c1[nH]c1ccccc21. The van der Waals surface area contributed by atoms with Crippen LogP contribution in [-0.4, -0.2) is 25.2 Å². The summed E-state index contributed by atoms with van der Waals surface area (Å²) >= 11 is 0. The number of hydrogen-bond acceptors (Lipinski definition) is 3. The van der Waals surface area contributed by atoms with Gasteiger partial charge in [0.15, 0.2) is 0 Å². The molecule has 0 spiro atoms. The Balaban J connectivity index is 2.04. The monoisotopic (exact) mass is 321 g/mol. The molecule has 1 aliphatic carbocycles. The molecule has 1 atom stereocenters. The predicted molar refractivity (Wildman–Crippen MR) is 92.4 cm³/mol. The Morgan fingerprint density at radius 2 is 1.83 bits per heavy atom. The minimum atomic E-state index is -0.851. The number of aryl methyl sites for hydroxylation is 1. The van der Waals surface area contributed by atoms with Crippen LogP contribution in [0.5, 0.6) is 5.75 Å². The maximum absolute atomic E-state index is 12.9. The van der Waals surface area contributed by atoms with Crippen LogP contribution in [0.25, 0.3) is 10.9 Å². The number of methoxy groups -OCH3 is 2. The van der Waals surface area contributed by atoms with Crippen molar-refractivity contribution in [3.63, 3.8) is 0 Å². The first-order valence-corrected chi connectivity index (χ1v) is 8.04. The van der Waals surface area contributed by atoms with Crippen LogP contribution in [0.2, 0.25) is 0 Å². The molecule has 1 aliphatic rings. The molecule has 0 aliphatic heterocycles. The third-order valence-electron chi connectivity index (χ3n) is 5.09. The Labute approximate surface area is 140 Å². The van der Waals surface area contributed by atoms with E-state index >= 15 is 0 Å². The minimum Gasteiger partial charge on any atom is -0.496 e. The number of nitrogens with one attached hydrogen (secondary N) is 1. The number of carbonyl (C=O) groups is 1. The summed E-state index contributed by atoms with van der Waals surface area (Å²) in [6.07, 6.45) is 1.50. The normalized spacial score (nSPS) is 19.2. The van der Waals surface area contributed by atoms with E-state index in [1.165, 1.54) is 18.1 Å². The molecule has 0 saturated carbocycles. The second-order valence-electron chi connectivity index (χ2n) is 6.12. The first-order chi connectivity index (χ1) is 11.7. The van der Waals surface area contributed by atoms with Gasteiger partial charge in [-0.25, -0.2) is 0 Å². The molecule has 1 heterocycles. The lowest BCUT2D eigenvalue weighted by Gasteiger charge is -2.28. The fraction of sp³-hybridized carbons (Fsp3) is 0.250. The number of para-hydroxylation sites is 2. The van der Waals surface area contributed by atoms with Crippen molar-refractivity contribution in [2.75, 3.05) is 14.2 Å². The molecular weight excluding hydrogens is 302 g/mol. The van der Waals surface area contributed by atoms with Gasteiger partial charge in [-0.3, -0.25) is 4.79 Å². The van der Waals surface area contributed by atoms with Gasteiger partial charge < -0.3 is 14.5 Å². The summed E-state index contributed by atoms with van der Waals surface area (Å²) in [5, 5.41) is 1.17. The van der Waals surface area contributed by atoms with Crippen molar-refractivity contribution in [3.8, 4) is 5.75 Å². The Kier molecular flexibility index (Phi) is 3.34. The van der Waals surface area contributed by atoms with Gasteiger partial charge in [-0.1, -0.05) is 36.4 Å². The van der Waals surface area contributed by atoms with Gasteiger partial charge in [-0.15, -0.1) is 0 Å². The van der Waals surface area contributed by atoms with E-state index in [9.17, 15) is 4.79 Å². The zero-order valence-corrected chi connectivity index (χ0v) is 13.8. The minimum absolute atomic E-state index is 0.252. The largest absolute Gasteiger partial charge is 0.496 e. The van der Waals surface area contributed by atoms with Gasteiger partial charge in [0.1, 0.15) is 11.2 Å². The highest BCUT2D eigenvalue weighted by atomic mass is 16.5. The summed E-state index contributed by atoms with van der Waals surface area (Å²) in [6.45, 7) is 0. The van der Waals surface area contributed by atoms with Gasteiger partial charge in [-0.05, 0) is 30.5 Å². The number of hydrogen-bond donors (Lipinski definition) is 1. The van der Waals surface area contributed by atoms with Crippen molar-refractivity contribution in [1.29, 1.82) is 0 Å². The van der Waals surface area contributed by atoms with Gasteiger partial charge in [0.2, 0.25) is 0 Å². The third kappa shape index (κ3) is 1.83. The van der Waals surface area contributed by atoms with Gasteiger partial charge in [0, 0.05) is 22.2 Å². The molecule has 3 aromatic rings. The second-order valence-corrected chi connectivity index (χ2v) is 6.12. The summed E-state index contributed by atoms with van der Waals surface area (Å²) in [7, 11) is 3.07. The molecule has 1 aromatic heterocycles. The van der Waals surface area contributed by atoms with E-state index < -0.39 is 5.41 Å². The number of carbonyl (C=O) groups excluding carboxylic acids is 1. The Morgan fingerprint density at radius 1 is 1.08 bits per heavy atom. The molecule has 0 amide bonds. The number of aromatic amines is 1. The van der Waals surface area contributed by atoms with Crippen LogP contribution in [0.3, 0.4) is 0 Å². The van der Waals surface area contributed by atoms with E-state index in [-0.39, 0.29) is 5.97 Å². The molecule has 4 heteroatoms. The standard InChI is InChI=1S/C20H19NO3/c1-23-17-10-6-4-8-15(17)20(19(22)24-2)12-11-14-13-7-3-5-9-16(13)21-18(14)20/h3-10,21H,11-12H2,1-2H3/t20-/m0/s1. The number of benzene rings is 2. The summed E-state index contributed by atoms with van der Waals surface area (Å²) < 4.78 is 10.8. The molecule has 4 nitrogen and oxygen atoms in total. The second kappa shape index (κ2) is 5.41. The molecule has 122 valence electrons. The molecule has 24 heavy (non-hydrogen) atoms. The fourth-order valence-corrected chi connectivity index (χ4v) is 4.02. The molecule has 4 rings (SSSR count). The lowest BCUT2D eigenvalue weighted by atomic mass is 9.77. The highest BCUT2D eigenvalue weighted by Crippen LogP contribution is 2.49. The lowest BCUT2D eigenvalue weighted by Crippen LogP contribution is -2.37. The average molecular weight is 321 g/mol. The van der Waals surface area contributed by atoms with E-state index in [1.807, 2.05) is 42.5 Å². The molecule has 0 fully saturated rings. The van der Waals surface area contributed by atoms with Crippen molar-refractivity contribution in [1.82, 2.24) is 4.98 Å². The van der Waals surface area contributed by atoms with Gasteiger partial charge in [-0.2, -0.15) is 0 Å². The van der Waals surface area contributed by atoms with Crippen LogP contribution in [0.15, 0.2) is 48.5 Å². The van der Waals surface area contributed by atoms with E-state index in [0.717, 1.165) is 23.2 Å². The summed E-state index contributed by atoms with van der Waals surface area (Å²) in [5.74, 6) is 0.451. The number of ether oxygens (including phenoxy) is 2. The smallest absolute Gasteiger partial charge is 0.322 e. The van der Waals surface area contributed by atoms with Gasteiger partial charge in [0.25, 0.3) is 0 Å². The predicted octanol–water partition coefficient (Wildman–Crippen LogP) is 3.58. The van der Waals surface area contributed by atoms with Gasteiger partial charge in [0.05, 0.1) is 14.2 Å². The Bertz CT molecular complexity index is 928. The fourth-order valence-electron chi connectivity index (χ4n) is 4.02. The molecule has 0 saturated heterocycles. The molecular formula is C20H19NO3. The zero-order chi connectivity index (χ0) is 16.7. The first-order valence-electron chi connectivity index (χ1n) is 8.04. The highest BCUT2D eigenvalue weighted by Gasteiger charge is 2.51. The summed E-state index contributed by atoms with van der Waals surface area (Å²) in [4.78, 5) is 16.4. The zero-order valence-electron chi connectivity index (χ0n) is 13.8. The van der Waals surface area contributed by atoms with E-state index in [0.29, 0.717) is 12.2 Å². The van der Waals surface area contributed by atoms with E-state index in [4.69, 9.17) is 9.47 Å². The maximum atomic E-state index is 12.9. The van der Waals surface area contributed by atoms with Crippen molar-refractivity contribution in [3.05, 3.63) is 65.4 Å². The number of esters is 1. The van der Waals surface area contributed by atoms with Crippen LogP contribution in [0.1, 0.15) is 23.2 Å². The summed E-state index contributed by atoms with van der Waals surface area (Å²) in [5.41, 5.74) is 3.17. The van der Waals surface area contributed by atoms with Crippen LogP contribution < -0.4 is 4.74 Å². The molecule has 2 aromatic carbocycles. The third-order valence-corrected chi connectivity index (χ3v) is 5.09. The lowest BCUT2D eigenvalue weighted by molar-refractivity contribution is -0.146.